The molecule has 2 rings (SSSR count). The van der Waals surface area contributed by atoms with Gasteiger partial charge in [-0.25, -0.2) is 13.6 Å². The normalized spacial score (nSPS) is 21.6. The van der Waals surface area contributed by atoms with E-state index in [-0.39, 0.29) is 11.5 Å². The molecule has 2 unspecified atom stereocenters. The van der Waals surface area contributed by atoms with Gasteiger partial charge in [-0.05, 0) is 38.0 Å². The Morgan fingerprint density at radius 1 is 1.41 bits per heavy atom. The van der Waals surface area contributed by atoms with Crippen molar-refractivity contribution in [2.45, 2.75) is 38.8 Å². The van der Waals surface area contributed by atoms with Gasteiger partial charge in [-0.1, -0.05) is 13.8 Å². The highest BCUT2D eigenvalue weighted by atomic mass is 19.1. The number of carbonyl (C=O) groups excluding carboxylic acids is 3. The van der Waals surface area contributed by atoms with Crippen molar-refractivity contribution in [2.75, 3.05) is 6.54 Å². The van der Waals surface area contributed by atoms with Crippen molar-refractivity contribution in [1.82, 2.24) is 15.5 Å². The molecule has 0 aliphatic carbocycles. The molecular formula is C18H20F2N4O3. The Morgan fingerprint density at radius 2 is 2.04 bits per heavy atom. The minimum Gasteiger partial charge on any atom is -0.336 e. The summed E-state index contributed by atoms with van der Waals surface area (Å²) in [5.41, 5.74) is -3.37. The first-order chi connectivity index (χ1) is 12.4. The van der Waals surface area contributed by atoms with E-state index in [1.807, 2.05) is 6.07 Å². The number of rotatable bonds is 5. The molecule has 4 amide bonds. The number of nitrogens with zero attached hydrogens (tertiary/aromatic N) is 2. The largest absolute Gasteiger partial charge is 0.336 e. The highest BCUT2D eigenvalue weighted by Gasteiger charge is 2.51. The summed E-state index contributed by atoms with van der Waals surface area (Å²) in [4.78, 5) is 37.8. The van der Waals surface area contributed by atoms with Crippen molar-refractivity contribution in [3.05, 3.63) is 35.4 Å². The zero-order valence-electron chi connectivity index (χ0n) is 15.4. The van der Waals surface area contributed by atoms with Crippen LogP contribution in [0.3, 0.4) is 0 Å². The van der Waals surface area contributed by atoms with Crippen LogP contribution in [0, 0.1) is 28.9 Å². The molecule has 0 radical (unpaired) electrons. The summed E-state index contributed by atoms with van der Waals surface area (Å²) >= 11 is 0. The number of carbonyl (C=O) groups is 3. The molecule has 0 spiro atoms. The van der Waals surface area contributed by atoms with Crippen molar-refractivity contribution in [3.63, 3.8) is 0 Å². The first kappa shape index (κ1) is 20.3. The Bertz CT molecular complexity index is 851. The topological polar surface area (TPSA) is 102 Å². The number of halogens is 2. The lowest BCUT2D eigenvalue weighted by atomic mass is 9.90. The lowest BCUT2D eigenvalue weighted by Gasteiger charge is -2.28. The standard InChI is InChI=1S/C18H20F2N4O3/c1-10(2)17(3,9-21)22-14(25)8-24-15(26)18(4,23-16(24)27)12-7-11(19)5-6-13(12)20/h5-7,10H,8H2,1-4H3,(H,22,25)(H,23,27). The molecule has 0 bridgehead atoms. The molecule has 0 saturated carbocycles. The number of benzene rings is 1. The summed E-state index contributed by atoms with van der Waals surface area (Å²) in [6.07, 6.45) is 0. The average molecular weight is 378 g/mol. The van der Waals surface area contributed by atoms with Crippen molar-refractivity contribution in [2.24, 2.45) is 5.92 Å². The third-order valence-electron chi connectivity index (χ3n) is 4.83. The molecule has 2 atom stereocenters. The quantitative estimate of drug-likeness (QED) is 0.763. The number of imide groups is 1. The lowest BCUT2D eigenvalue weighted by Crippen LogP contribution is -2.52. The SMILES string of the molecule is CC(C)C(C)(C#N)NC(=O)CN1C(=O)NC(C)(c2cc(F)ccc2F)C1=O. The van der Waals surface area contributed by atoms with E-state index in [4.69, 9.17) is 0 Å². The van der Waals surface area contributed by atoms with E-state index in [0.29, 0.717) is 4.90 Å². The smallest absolute Gasteiger partial charge is 0.325 e. The van der Waals surface area contributed by atoms with E-state index in [1.54, 1.807) is 13.8 Å². The van der Waals surface area contributed by atoms with Crippen LogP contribution in [0.25, 0.3) is 0 Å². The van der Waals surface area contributed by atoms with Crippen molar-refractivity contribution < 1.29 is 23.2 Å². The Hall–Kier alpha value is -3.02. The predicted molar refractivity (Wildman–Crippen MR) is 91.0 cm³/mol. The number of amides is 4. The fraction of sp³-hybridized carbons (Fsp3) is 0.444. The van der Waals surface area contributed by atoms with Crippen molar-refractivity contribution in [3.8, 4) is 6.07 Å². The van der Waals surface area contributed by atoms with Crippen LogP contribution in [-0.4, -0.2) is 34.8 Å². The third-order valence-corrected chi connectivity index (χ3v) is 4.83. The second kappa shape index (κ2) is 6.95. The maximum Gasteiger partial charge on any atom is 0.325 e. The van der Waals surface area contributed by atoms with Gasteiger partial charge >= 0.3 is 6.03 Å². The maximum atomic E-state index is 14.1. The summed E-state index contributed by atoms with van der Waals surface area (Å²) in [6, 6.07) is 3.64. The highest BCUT2D eigenvalue weighted by molar-refractivity contribution is 6.09. The molecule has 27 heavy (non-hydrogen) atoms. The van der Waals surface area contributed by atoms with E-state index in [9.17, 15) is 28.4 Å². The zero-order chi connectivity index (χ0) is 20.6. The lowest BCUT2D eigenvalue weighted by molar-refractivity contribution is -0.135. The molecule has 1 aliphatic rings. The molecule has 2 N–H and O–H groups in total. The van der Waals surface area contributed by atoms with Gasteiger partial charge in [-0.2, -0.15) is 5.26 Å². The van der Waals surface area contributed by atoms with Crippen LogP contribution in [0.2, 0.25) is 0 Å². The fourth-order valence-electron chi connectivity index (χ4n) is 2.68. The molecule has 7 nitrogen and oxygen atoms in total. The molecule has 0 aromatic heterocycles. The van der Waals surface area contributed by atoms with Gasteiger partial charge in [0.25, 0.3) is 5.91 Å². The summed E-state index contributed by atoms with van der Waals surface area (Å²) in [5.74, 6) is -3.47. The van der Waals surface area contributed by atoms with Crippen LogP contribution in [0.1, 0.15) is 33.3 Å². The van der Waals surface area contributed by atoms with Crippen molar-refractivity contribution in [1.29, 1.82) is 5.26 Å². The van der Waals surface area contributed by atoms with Crippen LogP contribution in [-0.2, 0) is 15.1 Å². The summed E-state index contributed by atoms with van der Waals surface area (Å²) < 4.78 is 27.6. The predicted octanol–water partition coefficient (Wildman–Crippen LogP) is 1.79. The van der Waals surface area contributed by atoms with E-state index in [1.165, 1.54) is 13.8 Å². The van der Waals surface area contributed by atoms with Crippen LogP contribution < -0.4 is 10.6 Å². The average Bonchev–Trinajstić information content (AvgIpc) is 2.80. The molecule has 9 heteroatoms. The number of hydrogen-bond donors (Lipinski definition) is 2. The number of nitrogens with one attached hydrogen (secondary N) is 2. The van der Waals surface area contributed by atoms with Gasteiger partial charge in [-0.3, -0.25) is 14.5 Å². The Labute approximate surface area is 155 Å². The van der Waals surface area contributed by atoms with Crippen LogP contribution >= 0.6 is 0 Å². The number of hydrogen-bond acceptors (Lipinski definition) is 4. The van der Waals surface area contributed by atoms with Gasteiger partial charge in [-0.15, -0.1) is 0 Å². The first-order valence-electron chi connectivity index (χ1n) is 8.26. The maximum absolute atomic E-state index is 14.1. The van der Waals surface area contributed by atoms with Crippen LogP contribution in [0.5, 0.6) is 0 Å². The highest BCUT2D eigenvalue weighted by Crippen LogP contribution is 2.31. The van der Waals surface area contributed by atoms with Crippen LogP contribution in [0.4, 0.5) is 13.6 Å². The first-order valence-corrected chi connectivity index (χ1v) is 8.26. The Morgan fingerprint density at radius 3 is 2.59 bits per heavy atom. The van der Waals surface area contributed by atoms with E-state index in [0.717, 1.165) is 18.2 Å². The van der Waals surface area contributed by atoms with Gasteiger partial charge in [0.2, 0.25) is 5.91 Å². The number of nitriles is 1. The minimum absolute atomic E-state index is 0.221. The molecule has 1 saturated heterocycles. The third kappa shape index (κ3) is 3.60. The molecule has 1 aromatic rings. The second-order valence-electron chi connectivity index (χ2n) is 7.09. The molecule has 144 valence electrons. The van der Waals surface area contributed by atoms with Gasteiger partial charge < -0.3 is 10.6 Å². The van der Waals surface area contributed by atoms with E-state index < -0.39 is 47.1 Å². The van der Waals surface area contributed by atoms with Gasteiger partial charge in [0.1, 0.15) is 29.3 Å². The molecule has 1 fully saturated rings. The Kier molecular flexibility index (Phi) is 5.22. The van der Waals surface area contributed by atoms with Gasteiger partial charge in [0.05, 0.1) is 6.07 Å². The molecule has 1 aromatic carbocycles. The van der Waals surface area contributed by atoms with Crippen molar-refractivity contribution >= 4 is 17.8 Å². The van der Waals surface area contributed by atoms with Gasteiger partial charge in [0.15, 0.2) is 0 Å². The second-order valence-corrected chi connectivity index (χ2v) is 7.09. The number of urea groups is 1. The van der Waals surface area contributed by atoms with E-state index >= 15 is 0 Å². The minimum atomic E-state index is -1.85. The Balaban J connectivity index is 2.25. The van der Waals surface area contributed by atoms with Crippen LogP contribution in [0.15, 0.2) is 18.2 Å². The molecule has 1 heterocycles. The van der Waals surface area contributed by atoms with E-state index in [2.05, 4.69) is 10.6 Å². The summed E-state index contributed by atoms with van der Waals surface area (Å²) in [5, 5.41) is 14.1. The molecular weight excluding hydrogens is 358 g/mol. The fourth-order valence-corrected chi connectivity index (χ4v) is 2.68. The zero-order valence-corrected chi connectivity index (χ0v) is 15.4. The summed E-state index contributed by atoms with van der Waals surface area (Å²) in [6.45, 7) is 5.58. The monoisotopic (exact) mass is 378 g/mol. The van der Waals surface area contributed by atoms with Gasteiger partial charge in [0, 0.05) is 5.56 Å². The molecule has 1 aliphatic heterocycles. The summed E-state index contributed by atoms with van der Waals surface area (Å²) in [7, 11) is 0.